The van der Waals surface area contributed by atoms with Crippen molar-refractivity contribution in [2.75, 3.05) is 6.61 Å². The van der Waals surface area contributed by atoms with Gasteiger partial charge in [0.05, 0.1) is 6.61 Å². The van der Waals surface area contributed by atoms with Crippen LogP contribution in [0.3, 0.4) is 0 Å². The first kappa shape index (κ1) is 15.6. The smallest absolute Gasteiger partial charge is 0.361 e. The van der Waals surface area contributed by atoms with Gasteiger partial charge in [-0.2, -0.15) is 0 Å². The topological polar surface area (TPSA) is 52.3 Å². The van der Waals surface area contributed by atoms with E-state index in [2.05, 4.69) is 17.1 Å². The van der Waals surface area contributed by atoms with Crippen LogP contribution in [-0.2, 0) is 4.74 Å². The van der Waals surface area contributed by atoms with Crippen LogP contribution in [0, 0.1) is 0 Å². The maximum Gasteiger partial charge on any atom is 0.361 e. The Kier molecular flexibility index (Phi) is 4.10. The zero-order chi connectivity index (χ0) is 17.2. The molecule has 0 aliphatic heterocycles. The first-order valence-corrected chi connectivity index (χ1v) is 8.60. The van der Waals surface area contributed by atoms with Gasteiger partial charge in [0, 0.05) is 11.1 Å². The molecule has 0 N–H and O–H groups in total. The molecule has 1 aliphatic carbocycles. The second-order valence-corrected chi connectivity index (χ2v) is 6.18. The van der Waals surface area contributed by atoms with Crippen LogP contribution < -0.4 is 0 Å². The number of esters is 1. The maximum atomic E-state index is 12.3. The van der Waals surface area contributed by atoms with Crippen molar-refractivity contribution in [3.05, 3.63) is 65.9 Å². The number of ether oxygens (including phenoxy) is 1. The number of hydrogen-bond donors (Lipinski definition) is 0. The number of carbonyl (C=O) groups is 1. The van der Waals surface area contributed by atoms with E-state index in [9.17, 15) is 4.79 Å². The van der Waals surface area contributed by atoms with Gasteiger partial charge in [-0.15, -0.1) is 0 Å². The van der Waals surface area contributed by atoms with Crippen molar-refractivity contribution in [3.8, 4) is 22.8 Å². The Morgan fingerprint density at radius 1 is 1.08 bits per heavy atom. The minimum atomic E-state index is -0.467. The van der Waals surface area contributed by atoms with Crippen LogP contribution >= 0.6 is 0 Å². The summed E-state index contributed by atoms with van der Waals surface area (Å²) in [5.41, 5.74) is 3.23. The van der Waals surface area contributed by atoms with Gasteiger partial charge in [0.15, 0.2) is 11.5 Å². The van der Waals surface area contributed by atoms with Crippen molar-refractivity contribution >= 4 is 5.97 Å². The van der Waals surface area contributed by atoms with Crippen LogP contribution in [-0.4, -0.2) is 17.6 Å². The average Bonchev–Trinajstić information content (AvgIpc) is 3.41. The summed E-state index contributed by atoms with van der Waals surface area (Å²) in [6, 6.07) is 17.7. The molecule has 1 aliphatic rings. The van der Waals surface area contributed by atoms with Gasteiger partial charge in [-0.25, -0.2) is 9.78 Å². The maximum absolute atomic E-state index is 12.3. The SMILES string of the molecule is CCOC(=O)c1nc(-c2ccc(C3CC3)cc2)oc1-c1ccccc1. The molecule has 0 unspecified atom stereocenters. The number of rotatable bonds is 5. The fraction of sp³-hybridized carbons (Fsp3) is 0.238. The third-order valence-electron chi connectivity index (χ3n) is 4.34. The van der Waals surface area contributed by atoms with Crippen molar-refractivity contribution < 1.29 is 13.9 Å². The third kappa shape index (κ3) is 3.20. The Bertz CT molecular complexity index is 877. The lowest BCUT2D eigenvalue weighted by Crippen LogP contribution is -2.06. The van der Waals surface area contributed by atoms with Crippen LogP contribution in [0.4, 0.5) is 0 Å². The second kappa shape index (κ2) is 6.55. The van der Waals surface area contributed by atoms with E-state index in [-0.39, 0.29) is 5.69 Å². The molecule has 4 nitrogen and oxygen atoms in total. The van der Waals surface area contributed by atoms with Crippen LogP contribution in [0.5, 0.6) is 0 Å². The fourth-order valence-electron chi connectivity index (χ4n) is 2.88. The average molecular weight is 333 g/mol. The van der Waals surface area contributed by atoms with Crippen molar-refractivity contribution in [3.63, 3.8) is 0 Å². The molecule has 4 heteroatoms. The summed E-state index contributed by atoms with van der Waals surface area (Å²) in [4.78, 5) is 16.7. The minimum absolute atomic E-state index is 0.217. The summed E-state index contributed by atoms with van der Waals surface area (Å²) in [5, 5.41) is 0. The van der Waals surface area contributed by atoms with Crippen LogP contribution in [0.2, 0.25) is 0 Å². The first-order valence-electron chi connectivity index (χ1n) is 8.60. The zero-order valence-corrected chi connectivity index (χ0v) is 14.1. The standard InChI is InChI=1S/C21H19NO3/c1-2-24-21(23)18-19(16-6-4-3-5-7-16)25-20(22-18)17-12-10-15(11-13-17)14-8-9-14/h3-7,10-14H,2,8-9H2,1H3. The van der Waals surface area contributed by atoms with Crippen molar-refractivity contribution in [1.29, 1.82) is 0 Å². The Hall–Kier alpha value is -2.88. The Morgan fingerprint density at radius 2 is 1.80 bits per heavy atom. The largest absolute Gasteiger partial charge is 0.461 e. The second-order valence-electron chi connectivity index (χ2n) is 6.18. The van der Waals surface area contributed by atoms with E-state index in [0.717, 1.165) is 11.1 Å². The molecule has 1 saturated carbocycles. The predicted octanol–water partition coefficient (Wildman–Crippen LogP) is 5.06. The van der Waals surface area contributed by atoms with Crippen LogP contribution in [0.15, 0.2) is 59.0 Å². The number of nitrogens with zero attached hydrogens (tertiary/aromatic N) is 1. The molecule has 1 aromatic heterocycles. The van der Waals surface area contributed by atoms with E-state index in [1.165, 1.54) is 18.4 Å². The lowest BCUT2D eigenvalue weighted by Gasteiger charge is -2.00. The lowest BCUT2D eigenvalue weighted by molar-refractivity contribution is 0.0520. The van der Waals surface area contributed by atoms with E-state index in [0.29, 0.717) is 24.2 Å². The molecule has 1 heterocycles. The van der Waals surface area contributed by atoms with Crippen LogP contribution in [0.1, 0.15) is 41.7 Å². The summed E-state index contributed by atoms with van der Waals surface area (Å²) in [5.74, 6) is 1.11. The normalized spacial score (nSPS) is 13.6. The number of hydrogen-bond acceptors (Lipinski definition) is 4. The third-order valence-corrected chi connectivity index (χ3v) is 4.34. The highest BCUT2D eigenvalue weighted by molar-refractivity contribution is 5.94. The van der Waals surface area contributed by atoms with Crippen molar-refractivity contribution in [1.82, 2.24) is 4.98 Å². The molecular formula is C21H19NO3. The van der Waals surface area contributed by atoms with Gasteiger partial charge >= 0.3 is 5.97 Å². The molecule has 0 saturated heterocycles. The molecule has 2 aromatic carbocycles. The van der Waals surface area contributed by atoms with Gasteiger partial charge in [-0.05, 0) is 43.4 Å². The molecule has 0 amide bonds. The molecule has 0 spiro atoms. The van der Waals surface area contributed by atoms with E-state index < -0.39 is 5.97 Å². The summed E-state index contributed by atoms with van der Waals surface area (Å²) in [6.07, 6.45) is 2.53. The summed E-state index contributed by atoms with van der Waals surface area (Å²) >= 11 is 0. The minimum Gasteiger partial charge on any atom is -0.461 e. The summed E-state index contributed by atoms with van der Waals surface area (Å²) in [7, 11) is 0. The molecule has 25 heavy (non-hydrogen) atoms. The monoisotopic (exact) mass is 333 g/mol. The molecular weight excluding hydrogens is 314 g/mol. The Balaban J connectivity index is 1.74. The number of oxazole rings is 1. The van der Waals surface area contributed by atoms with Gasteiger partial charge in [0.2, 0.25) is 5.89 Å². The highest BCUT2D eigenvalue weighted by Crippen LogP contribution is 2.40. The number of aromatic nitrogens is 1. The Morgan fingerprint density at radius 3 is 2.44 bits per heavy atom. The van der Waals surface area contributed by atoms with Crippen molar-refractivity contribution in [2.45, 2.75) is 25.7 Å². The van der Waals surface area contributed by atoms with Crippen LogP contribution in [0.25, 0.3) is 22.8 Å². The lowest BCUT2D eigenvalue weighted by atomic mass is 10.1. The molecule has 126 valence electrons. The van der Waals surface area contributed by atoms with Gasteiger partial charge in [0.1, 0.15) is 0 Å². The van der Waals surface area contributed by atoms with Gasteiger partial charge in [-0.1, -0.05) is 42.5 Å². The molecule has 0 radical (unpaired) electrons. The molecule has 1 fully saturated rings. The highest BCUT2D eigenvalue weighted by atomic mass is 16.5. The van der Waals surface area contributed by atoms with Gasteiger partial charge in [0.25, 0.3) is 0 Å². The van der Waals surface area contributed by atoms with E-state index in [4.69, 9.17) is 9.15 Å². The van der Waals surface area contributed by atoms with Crippen molar-refractivity contribution in [2.24, 2.45) is 0 Å². The molecule has 4 rings (SSSR count). The van der Waals surface area contributed by atoms with Gasteiger partial charge < -0.3 is 9.15 Å². The van der Waals surface area contributed by atoms with E-state index in [1.807, 2.05) is 42.5 Å². The summed E-state index contributed by atoms with van der Waals surface area (Å²) < 4.78 is 11.1. The number of benzene rings is 2. The van der Waals surface area contributed by atoms with E-state index >= 15 is 0 Å². The number of carbonyl (C=O) groups excluding carboxylic acids is 1. The van der Waals surface area contributed by atoms with E-state index in [1.54, 1.807) is 6.92 Å². The summed E-state index contributed by atoms with van der Waals surface area (Å²) in [6.45, 7) is 2.07. The molecule has 0 bridgehead atoms. The molecule has 3 aromatic rings. The molecule has 0 atom stereocenters. The first-order chi connectivity index (χ1) is 12.3. The highest BCUT2D eigenvalue weighted by Gasteiger charge is 2.25. The Labute approximate surface area is 146 Å². The van der Waals surface area contributed by atoms with Gasteiger partial charge in [-0.3, -0.25) is 0 Å². The quantitative estimate of drug-likeness (QED) is 0.612. The zero-order valence-electron chi connectivity index (χ0n) is 14.1. The fourth-order valence-corrected chi connectivity index (χ4v) is 2.88. The predicted molar refractivity (Wildman–Crippen MR) is 95.3 cm³/mol.